The Hall–Kier alpha value is -1.65. The highest BCUT2D eigenvalue weighted by atomic mass is 16.2. The molecule has 0 aromatic carbocycles. The minimum absolute atomic E-state index is 0.0863. The number of nitrogens with zero attached hydrogens (tertiary/aromatic N) is 3. The van der Waals surface area contributed by atoms with Gasteiger partial charge in [-0.25, -0.2) is 9.97 Å². The summed E-state index contributed by atoms with van der Waals surface area (Å²) in [6.07, 6.45) is 6.37. The van der Waals surface area contributed by atoms with Crippen LogP contribution in [0.15, 0.2) is 12.3 Å². The first-order valence-electron chi connectivity index (χ1n) is 6.60. The Morgan fingerprint density at radius 3 is 3.06 bits per heavy atom. The van der Waals surface area contributed by atoms with Crippen molar-refractivity contribution in [3.05, 3.63) is 18.0 Å². The average Bonchev–Trinajstić information content (AvgIpc) is 2.37. The summed E-state index contributed by atoms with van der Waals surface area (Å²) in [7, 11) is 0. The van der Waals surface area contributed by atoms with Gasteiger partial charge in [-0.15, -0.1) is 0 Å². The number of rotatable bonds is 1. The van der Waals surface area contributed by atoms with E-state index in [1.54, 1.807) is 6.20 Å². The second kappa shape index (κ2) is 4.55. The molecule has 1 saturated heterocycles. The molecule has 0 unspecified atom stereocenters. The predicted molar refractivity (Wildman–Crippen MR) is 68.3 cm³/mol. The third-order valence-electron chi connectivity index (χ3n) is 3.83. The molecule has 1 aromatic rings. The lowest BCUT2D eigenvalue weighted by molar-refractivity contribution is -0.122. The minimum Gasteiger partial charge on any atom is -0.350 e. The maximum atomic E-state index is 11.8. The number of amides is 1. The Balaban J connectivity index is 1.90. The fourth-order valence-electron chi connectivity index (χ4n) is 2.97. The zero-order valence-electron chi connectivity index (χ0n) is 10.6. The van der Waals surface area contributed by atoms with E-state index < -0.39 is 0 Å². The van der Waals surface area contributed by atoms with Crippen LogP contribution in [0, 0.1) is 6.92 Å². The van der Waals surface area contributed by atoms with Crippen molar-refractivity contribution in [3.8, 4) is 0 Å². The van der Waals surface area contributed by atoms with E-state index in [0.29, 0.717) is 18.5 Å². The number of nitrogens with one attached hydrogen (secondary N) is 1. The molecule has 0 bridgehead atoms. The first kappa shape index (κ1) is 11.4. The molecule has 1 saturated carbocycles. The average molecular weight is 246 g/mol. The van der Waals surface area contributed by atoms with Gasteiger partial charge in [0.05, 0.1) is 6.04 Å². The number of aromatic nitrogens is 2. The molecule has 1 aliphatic heterocycles. The molecule has 2 aliphatic rings. The highest BCUT2D eigenvalue weighted by Gasteiger charge is 2.37. The smallest absolute Gasteiger partial charge is 0.239 e. The molecular weight excluding hydrogens is 228 g/mol. The van der Waals surface area contributed by atoms with Crippen LogP contribution < -0.4 is 10.2 Å². The third kappa shape index (κ3) is 2.05. The van der Waals surface area contributed by atoms with Crippen LogP contribution in [0.25, 0.3) is 0 Å². The lowest BCUT2D eigenvalue weighted by Gasteiger charge is -2.43. The molecule has 2 heterocycles. The number of carbonyl (C=O) groups is 1. The van der Waals surface area contributed by atoms with E-state index in [1.807, 2.05) is 13.0 Å². The number of hydrogen-bond acceptors (Lipinski definition) is 4. The van der Waals surface area contributed by atoms with Crippen molar-refractivity contribution < 1.29 is 4.79 Å². The molecule has 5 nitrogen and oxygen atoms in total. The van der Waals surface area contributed by atoms with Gasteiger partial charge in [0.1, 0.15) is 6.54 Å². The molecule has 1 amide bonds. The Morgan fingerprint density at radius 2 is 2.22 bits per heavy atom. The summed E-state index contributed by atoms with van der Waals surface area (Å²) < 4.78 is 0. The monoisotopic (exact) mass is 246 g/mol. The van der Waals surface area contributed by atoms with Crippen molar-refractivity contribution in [1.82, 2.24) is 15.3 Å². The van der Waals surface area contributed by atoms with Crippen LogP contribution >= 0.6 is 0 Å². The summed E-state index contributed by atoms with van der Waals surface area (Å²) in [4.78, 5) is 22.6. The molecule has 1 N–H and O–H groups in total. The first-order valence-corrected chi connectivity index (χ1v) is 6.60. The van der Waals surface area contributed by atoms with Crippen LogP contribution in [0.4, 0.5) is 5.95 Å². The number of carbonyl (C=O) groups excluding carboxylic acids is 1. The zero-order chi connectivity index (χ0) is 12.5. The molecular formula is C13H18N4O. The number of fused-ring (bicyclic) bond motifs is 1. The minimum atomic E-state index is 0.0863. The topological polar surface area (TPSA) is 58.1 Å². The largest absolute Gasteiger partial charge is 0.350 e. The quantitative estimate of drug-likeness (QED) is 0.804. The molecule has 96 valence electrons. The fourth-order valence-corrected chi connectivity index (χ4v) is 2.97. The van der Waals surface area contributed by atoms with Gasteiger partial charge in [0.25, 0.3) is 0 Å². The number of aryl methyl sites for hydroxylation is 1. The van der Waals surface area contributed by atoms with Crippen LogP contribution in [0.2, 0.25) is 0 Å². The van der Waals surface area contributed by atoms with Gasteiger partial charge in [-0.1, -0.05) is 12.8 Å². The standard InChI is InChI=1S/C13H18N4O/c1-9-6-7-14-13(15-9)17-8-12(18)16-10-4-2-3-5-11(10)17/h6-7,10-11H,2-5,8H2,1H3,(H,16,18)/t10-,11-/m1/s1. The summed E-state index contributed by atoms with van der Waals surface area (Å²) in [5.41, 5.74) is 0.943. The maximum Gasteiger partial charge on any atom is 0.239 e. The molecule has 0 radical (unpaired) electrons. The van der Waals surface area contributed by atoms with Gasteiger partial charge in [0.15, 0.2) is 0 Å². The van der Waals surface area contributed by atoms with Gasteiger partial charge in [-0.05, 0) is 25.8 Å². The molecule has 3 rings (SSSR count). The zero-order valence-corrected chi connectivity index (χ0v) is 10.6. The van der Waals surface area contributed by atoms with E-state index in [-0.39, 0.29) is 11.9 Å². The van der Waals surface area contributed by atoms with Gasteiger partial charge >= 0.3 is 0 Å². The van der Waals surface area contributed by atoms with Crippen molar-refractivity contribution in [3.63, 3.8) is 0 Å². The molecule has 5 heteroatoms. The van der Waals surface area contributed by atoms with Crippen LogP contribution in [0.3, 0.4) is 0 Å². The summed E-state index contributed by atoms with van der Waals surface area (Å²) in [6.45, 7) is 2.33. The molecule has 0 spiro atoms. The van der Waals surface area contributed by atoms with E-state index in [9.17, 15) is 4.79 Å². The summed E-state index contributed by atoms with van der Waals surface area (Å²) in [6, 6.07) is 2.51. The van der Waals surface area contributed by atoms with Crippen LogP contribution in [-0.2, 0) is 4.79 Å². The Bertz CT molecular complexity index is 462. The van der Waals surface area contributed by atoms with Crippen molar-refractivity contribution in [2.24, 2.45) is 0 Å². The highest BCUT2D eigenvalue weighted by Crippen LogP contribution is 2.28. The maximum absolute atomic E-state index is 11.8. The van der Waals surface area contributed by atoms with E-state index in [4.69, 9.17) is 0 Å². The van der Waals surface area contributed by atoms with Gasteiger partial charge in [0, 0.05) is 17.9 Å². The lowest BCUT2D eigenvalue weighted by Crippen LogP contribution is -2.62. The van der Waals surface area contributed by atoms with Gasteiger partial charge in [0.2, 0.25) is 11.9 Å². The number of anilines is 1. The van der Waals surface area contributed by atoms with Gasteiger partial charge < -0.3 is 10.2 Å². The summed E-state index contributed by atoms with van der Waals surface area (Å²) in [5.74, 6) is 0.782. The summed E-state index contributed by atoms with van der Waals surface area (Å²) in [5, 5.41) is 3.10. The highest BCUT2D eigenvalue weighted by molar-refractivity contribution is 5.82. The van der Waals surface area contributed by atoms with Gasteiger partial charge in [-0.3, -0.25) is 4.79 Å². The first-order chi connectivity index (χ1) is 8.74. The molecule has 2 atom stereocenters. The Morgan fingerprint density at radius 1 is 1.39 bits per heavy atom. The van der Waals surface area contributed by atoms with Crippen molar-refractivity contribution >= 4 is 11.9 Å². The van der Waals surface area contributed by atoms with Crippen molar-refractivity contribution in [1.29, 1.82) is 0 Å². The molecule has 18 heavy (non-hydrogen) atoms. The Kier molecular flexibility index (Phi) is 2.89. The van der Waals surface area contributed by atoms with Crippen LogP contribution in [0.5, 0.6) is 0 Å². The van der Waals surface area contributed by atoms with E-state index in [2.05, 4.69) is 20.2 Å². The second-order valence-electron chi connectivity index (χ2n) is 5.15. The predicted octanol–water partition coefficient (Wildman–Crippen LogP) is 1.03. The third-order valence-corrected chi connectivity index (χ3v) is 3.83. The van der Waals surface area contributed by atoms with Gasteiger partial charge in [-0.2, -0.15) is 0 Å². The number of piperazine rings is 1. The molecule has 1 aromatic heterocycles. The van der Waals surface area contributed by atoms with Crippen molar-refractivity contribution in [2.45, 2.75) is 44.7 Å². The summed E-state index contributed by atoms with van der Waals surface area (Å²) >= 11 is 0. The fraction of sp³-hybridized carbons (Fsp3) is 0.615. The molecule has 1 aliphatic carbocycles. The van der Waals surface area contributed by atoms with Crippen LogP contribution in [-0.4, -0.2) is 34.5 Å². The Labute approximate surface area is 107 Å². The second-order valence-corrected chi connectivity index (χ2v) is 5.15. The number of hydrogen-bond donors (Lipinski definition) is 1. The normalized spacial score (nSPS) is 27.6. The lowest BCUT2D eigenvalue weighted by atomic mass is 9.87. The van der Waals surface area contributed by atoms with Crippen LogP contribution in [0.1, 0.15) is 31.4 Å². The molecule has 2 fully saturated rings. The van der Waals surface area contributed by atoms with E-state index in [0.717, 1.165) is 18.5 Å². The van der Waals surface area contributed by atoms with E-state index in [1.165, 1.54) is 12.8 Å². The van der Waals surface area contributed by atoms with Crippen molar-refractivity contribution in [2.75, 3.05) is 11.4 Å². The van der Waals surface area contributed by atoms with E-state index >= 15 is 0 Å². The SMILES string of the molecule is Cc1ccnc(N2CC(=O)N[C@@H]3CCCC[C@H]32)n1.